The highest BCUT2D eigenvalue weighted by Crippen LogP contribution is 2.16. The van der Waals surface area contributed by atoms with Crippen molar-refractivity contribution in [3.63, 3.8) is 0 Å². The number of aliphatic hydroxyl groups is 1. The summed E-state index contributed by atoms with van der Waals surface area (Å²) in [5.74, 6) is 0. The molecule has 0 aliphatic rings. The highest BCUT2D eigenvalue weighted by molar-refractivity contribution is 5.45. The normalized spacial score (nSPS) is 14.0. The van der Waals surface area contributed by atoms with Gasteiger partial charge in [-0.15, -0.1) is 0 Å². The number of nitrogens with zero attached hydrogens (tertiary/aromatic N) is 1. The second-order valence-corrected chi connectivity index (χ2v) is 5.66. The fourth-order valence-electron chi connectivity index (χ4n) is 2.42. The number of para-hydroxylation sites is 1. The summed E-state index contributed by atoms with van der Waals surface area (Å²) >= 11 is 0. The molecule has 1 unspecified atom stereocenters. The van der Waals surface area contributed by atoms with E-state index in [4.69, 9.17) is 0 Å². The van der Waals surface area contributed by atoms with Crippen LogP contribution >= 0.6 is 0 Å². The van der Waals surface area contributed by atoms with Crippen LogP contribution in [-0.4, -0.2) is 36.9 Å². The molecular weight excluding hydrogens is 248 g/mol. The van der Waals surface area contributed by atoms with Crippen LogP contribution in [0.4, 0.5) is 5.69 Å². The molecule has 0 spiro atoms. The summed E-state index contributed by atoms with van der Waals surface area (Å²) in [6.07, 6.45) is 3.17. The lowest BCUT2D eigenvalue weighted by Crippen LogP contribution is -2.46. The molecule has 0 fully saturated rings. The molecule has 0 aliphatic carbocycles. The van der Waals surface area contributed by atoms with E-state index in [2.05, 4.69) is 61.3 Å². The highest BCUT2D eigenvalue weighted by atomic mass is 16.3. The van der Waals surface area contributed by atoms with E-state index in [9.17, 15) is 5.11 Å². The summed E-state index contributed by atoms with van der Waals surface area (Å²) in [6, 6.07) is 10.5. The van der Waals surface area contributed by atoms with Gasteiger partial charge in [-0.25, -0.2) is 0 Å². The van der Waals surface area contributed by atoms with E-state index in [0.29, 0.717) is 0 Å². The first-order chi connectivity index (χ1) is 9.65. The summed E-state index contributed by atoms with van der Waals surface area (Å²) in [6.45, 7) is 9.66. The van der Waals surface area contributed by atoms with Crippen LogP contribution in [0.3, 0.4) is 0 Å². The summed E-state index contributed by atoms with van der Waals surface area (Å²) in [7, 11) is 0. The Kier molecular flexibility index (Phi) is 7.63. The van der Waals surface area contributed by atoms with Crippen molar-refractivity contribution in [2.24, 2.45) is 0 Å². The van der Waals surface area contributed by atoms with Gasteiger partial charge in [0.2, 0.25) is 0 Å². The average molecular weight is 278 g/mol. The van der Waals surface area contributed by atoms with Gasteiger partial charge in [0, 0.05) is 24.3 Å². The lowest BCUT2D eigenvalue weighted by molar-refractivity contribution is 0.164. The van der Waals surface area contributed by atoms with Gasteiger partial charge < -0.3 is 15.3 Å². The first-order valence-electron chi connectivity index (χ1n) is 7.81. The largest absolute Gasteiger partial charge is 0.394 e. The molecule has 3 heteroatoms. The molecule has 0 aliphatic heterocycles. The van der Waals surface area contributed by atoms with E-state index in [-0.39, 0.29) is 12.1 Å². The van der Waals surface area contributed by atoms with Crippen LogP contribution < -0.4 is 10.2 Å². The van der Waals surface area contributed by atoms with Crippen LogP contribution in [0.1, 0.15) is 40.0 Å². The molecule has 2 N–H and O–H groups in total. The summed E-state index contributed by atoms with van der Waals surface area (Å²) in [5.41, 5.74) is 1.13. The molecule has 20 heavy (non-hydrogen) atoms. The van der Waals surface area contributed by atoms with Gasteiger partial charge in [0.15, 0.2) is 0 Å². The Hall–Kier alpha value is -1.06. The molecule has 0 aromatic heterocycles. The third-order valence-corrected chi connectivity index (χ3v) is 3.81. The van der Waals surface area contributed by atoms with Gasteiger partial charge >= 0.3 is 0 Å². The zero-order valence-electron chi connectivity index (χ0n) is 13.2. The molecule has 0 bridgehead atoms. The Bertz CT molecular complexity index is 355. The third kappa shape index (κ3) is 5.51. The van der Waals surface area contributed by atoms with Gasteiger partial charge in [-0.2, -0.15) is 0 Å². The number of hydrogen-bond donors (Lipinski definition) is 2. The molecular formula is C17H30N2O. The molecule has 0 saturated heterocycles. The Morgan fingerprint density at radius 1 is 1.20 bits per heavy atom. The molecule has 0 heterocycles. The standard InChI is InChI=1S/C17H30N2O/c1-4-13-18-17(3,15-20)12-9-14-19(5-2)16-10-7-6-8-11-16/h6-8,10-11,18,20H,4-5,9,12-15H2,1-3H3. The minimum atomic E-state index is -0.147. The van der Waals surface area contributed by atoms with Gasteiger partial charge in [0.05, 0.1) is 6.61 Å². The van der Waals surface area contributed by atoms with Gasteiger partial charge in [0.25, 0.3) is 0 Å². The Labute approximate surface area is 124 Å². The monoisotopic (exact) mass is 278 g/mol. The highest BCUT2D eigenvalue weighted by Gasteiger charge is 2.21. The van der Waals surface area contributed by atoms with E-state index in [0.717, 1.165) is 38.9 Å². The number of rotatable bonds is 10. The number of aliphatic hydroxyl groups excluding tert-OH is 1. The molecule has 0 saturated carbocycles. The van der Waals surface area contributed by atoms with Crippen LogP contribution in [0.5, 0.6) is 0 Å². The SMILES string of the molecule is CCCNC(C)(CO)CCCN(CC)c1ccccc1. The van der Waals surface area contributed by atoms with Gasteiger partial charge in [0.1, 0.15) is 0 Å². The van der Waals surface area contributed by atoms with Crippen molar-refractivity contribution in [3.05, 3.63) is 30.3 Å². The predicted octanol–water partition coefficient (Wildman–Crippen LogP) is 3.04. The fourth-order valence-corrected chi connectivity index (χ4v) is 2.42. The number of anilines is 1. The molecule has 3 nitrogen and oxygen atoms in total. The van der Waals surface area contributed by atoms with Crippen molar-refractivity contribution in [2.45, 2.75) is 45.6 Å². The van der Waals surface area contributed by atoms with E-state index < -0.39 is 0 Å². The van der Waals surface area contributed by atoms with Crippen LogP contribution in [0, 0.1) is 0 Å². The minimum absolute atomic E-state index is 0.147. The molecule has 1 atom stereocenters. The first kappa shape index (κ1) is 17.0. The smallest absolute Gasteiger partial charge is 0.0610 e. The molecule has 114 valence electrons. The van der Waals surface area contributed by atoms with Gasteiger partial charge in [-0.1, -0.05) is 25.1 Å². The predicted molar refractivity (Wildman–Crippen MR) is 87.3 cm³/mol. The first-order valence-corrected chi connectivity index (χ1v) is 7.81. The maximum Gasteiger partial charge on any atom is 0.0610 e. The zero-order valence-corrected chi connectivity index (χ0v) is 13.2. The number of hydrogen-bond acceptors (Lipinski definition) is 3. The van der Waals surface area contributed by atoms with E-state index >= 15 is 0 Å². The van der Waals surface area contributed by atoms with E-state index in [1.54, 1.807) is 0 Å². The van der Waals surface area contributed by atoms with E-state index in [1.807, 2.05) is 0 Å². The quantitative estimate of drug-likeness (QED) is 0.690. The van der Waals surface area contributed by atoms with Gasteiger partial charge in [-0.05, 0) is 51.8 Å². The van der Waals surface area contributed by atoms with Crippen LogP contribution in [0.25, 0.3) is 0 Å². The van der Waals surface area contributed by atoms with Crippen LogP contribution in [0.2, 0.25) is 0 Å². The molecule has 0 radical (unpaired) electrons. The molecule has 1 aromatic rings. The second kappa shape index (κ2) is 8.98. The Morgan fingerprint density at radius 3 is 2.45 bits per heavy atom. The van der Waals surface area contributed by atoms with Crippen molar-refractivity contribution in [3.8, 4) is 0 Å². The summed E-state index contributed by atoms with van der Waals surface area (Å²) < 4.78 is 0. The van der Waals surface area contributed by atoms with E-state index in [1.165, 1.54) is 5.69 Å². The lowest BCUT2D eigenvalue weighted by Gasteiger charge is -2.30. The van der Waals surface area contributed by atoms with Crippen molar-refractivity contribution in [1.29, 1.82) is 0 Å². The average Bonchev–Trinajstić information content (AvgIpc) is 2.50. The third-order valence-electron chi connectivity index (χ3n) is 3.81. The Balaban J connectivity index is 2.44. The second-order valence-electron chi connectivity index (χ2n) is 5.66. The Morgan fingerprint density at radius 2 is 1.90 bits per heavy atom. The van der Waals surface area contributed by atoms with Crippen LogP contribution in [-0.2, 0) is 0 Å². The van der Waals surface area contributed by atoms with Crippen molar-refractivity contribution >= 4 is 5.69 Å². The fraction of sp³-hybridized carbons (Fsp3) is 0.647. The van der Waals surface area contributed by atoms with Crippen molar-refractivity contribution in [2.75, 3.05) is 31.1 Å². The minimum Gasteiger partial charge on any atom is -0.394 e. The number of nitrogens with one attached hydrogen (secondary N) is 1. The van der Waals surface area contributed by atoms with Crippen molar-refractivity contribution in [1.82, 2.24) is 5.32 Å². The topological polar surface area (TPSA) is 35.5 Å². The van der Waals surface area contributed by atoms with Gasteiger partial charge in [-0.3, -0.25) is 0 Å². The lowest BCUT2D eigenvalue weighted by atomic mass is 9.96. The molecule has 1 aromatic carbocycles. The molecule has 0 amide bonds. The maximum absolute atomic E-state index is 9.58. The summed E-state index contributed by atoms with van der Waals surface area (Å²) in [4.78, 5) is 2.39. The zero-order chi connectivity index (χ0) is 14.8. The summed E-state index contributed by atoms with van der Waals surface area (Å²) in [5, 5.41) is 13.0. The maximum atomic E-state index is 9.58. The van der Waals surface area contributed by atoms with Crippen LogP contribution in [0.15, 0.2) is 30.3 Å². The number of benzene rings is 1. The van der Waals surface area contributed by atoms with Crippen molar-refractivity contribution < 1.29 is 5.11 Å². The molecule has 1 rings (SSSR count).